The highest BCUT2D eigenvalue weighted by atomic mass is 35.5. The number of nitrogens with one attached hydrogen (secondary N) is 2. The van der Waals surface area contributed by atoms with Crippen molar-refractivity contribution in [2.24, 2.45) is 0 Å². The highest BCUT2D eigenvalue weighted by Gasteiger charge is 2.44. The minimum Gasteiger partial charge on any atom is -0.493 e. The van der Waals surface area contributed by atoms with Gasteiger partial charge in [0.25, 0.3) is 11.8 Å². The van der Waals surface area contributed by atoms with Crippen LogP contribution in [-0.2, 0) is 14.3 Å². The number of ether oxygens (including phenoxy) is 3. The smallest absolute Gasteiger partial charge is 0.322 e. The van der Waals surface area contributed by atoms with Gasteiger partial charge in [-0.2, -0.15) is 5.26 Å². The van der Waals surface area contributed by atoms with Gasteiger partial charge in [0, 0.05) is 69.4 Å². The standard InChI is InChI=1S/C38H40ClN7O8/c1-23-22-45(24(2)21-44(23)27-7-5-25(19-40)31(39)17-27)38(51)42-26-6-12-34(41-20-26)54-16-4-14-52-13-3-15-53-28-8-9-29-30(18-28)37(50)46(36(29)49)32-10-11-33(47)43-35(32)48/h5-9,12,17-18,20,23-24,32H,3-4,10-11,13-16,21-22H2,1-2H3,(H,42,51)(H,43,47,48). The van der Waals surface area contributed by atoms with Gasteiger partial charge in [0.2, 0.25) is 17.7 Å². The van der Waals surface area contributed by atoms with E-state index in [0.29, 0.717) is 80.3 Å². The molecule has 3 aliphatic heterocycles. The number of fused-ring (bicyclic) bond motifs is 1. The zero-order chi connectivity index (χ0) is 38.4. The van der Waals surface area contributed by atoms with E-state index in [-0.39, 0.29) is 42.1 Å². The van der Waals surface area contributed by atoms with Crippen LogP contribution in [0.4, 0.5) is 16.2 Å². The monoisotopic (exact) mass is 757 g/mol. The SMILES string of the molecule is CC1CN(c2ccc(C#N)c(Cl)c2)C(C)CN1C(=O)Nc1ccc(OCCCOCCCOc2ccc3c(c2)C(=O)N(C2CCC(=O)NC2=O)C3=O)nc1. The number of piperidine rings is 1. The van der Waals surface area contributed by atoms with Crippen LogP contribution in [0.15, 0.2) is 54.7 Å². The number of urea groups is 1. The van der Waals surface area contributed by atoms with E-state index in [1.807, 2.05) is 19.9 Å². The van der Waals surface area contributed by atoms with Crippen LogP contribution in [0, 0.1) is 11.3 Å². The molecule has 0 bridgehead atoms. The number of imide groups is 2. The number of halogens is 1. The Morgan fingerprint density at radius 1 is 0.944 bits per heavy atom. The number of anilines is 2. The van der Waals surface area contributed by atoms with Crippen LogP contribution in [0.25, 0.3) is 0 Å². The third kappa shape index (κ3) is 8.56. The Balaban J connectivity index is 0.852. The van der Waals surface area contributed by atoms with Crippen LogP contribution in [0.2, 0.25) is 5.02 Å². The average molecular weight is 758 g/mol. The molecule has 1 aromatic heterocycles. The average Bonchev–Trinajstić information content (AvgIpc) is 3.40. The first-order valence-corrected chi connectivity index (χ1v) is 18.1. The van der Waals surface area contributed by atoms with E-state index in [1.54, 1.807) is 41.4 Å². The fourth-order valence-corrected chi connectivity index (χ4v) is 6.83. The second-order valence-electron chi connectivity index (χ2n) is 13.3. The maximum absolute atomic E-state index is 13.2. The maximum atomic E-state index is 13.2. The molecule has 2 N–H and O–H groups in total. The summed E-state index contributed by atoms with van der Waals surface area (Å²) < 4.78 is 17.2. The third-order valence-electron chi connectivity index (χ3n) is 9.44. The predicted molar refractivity (Wildman–Crippen MR) is 197 cm³/mol. The lowest BCUT2D eigenvalue weighted by molar-refractivity contribution is -0.136. The van der Waals surface area contributed by atoms with Gasteiger partial charge in [-0.05, 0) is 62.7 Å². The summed E-state index contributed by atoms with van der Waals surface area (Å²) in [5.74, 6) is -1.39. The number of carbonyl (C=O) groups is 5. The van der Waals surface area contributed by atoms with Gasteiger partial charge in [0.1, 0.15) is 17.9 Å². The van der Waals surface area contributed by atoms with Gasteiger partial charge in [-0.25, -0.2) is 9.78 Å². The first kappa shape index (κ1) is 38.0. The topological polar surface area (TPSA) is 184 Å². The number of nitrogens with zero attached hydrogens (tertiary/aromatic N) is 5. The van der Waals surface area contributed by atoms with Crippen LogP contribution in [0.3, 0.4) is 0 Å². The van der Waals surface area contributed by atoms with Crippen LogP contribution in [0.5, 0.6) is 11.6 Å². The molecule has 15 nitrogen and oxygen atoms in total. The van der Waals surface area contributed by atoms with Crippen molar-refractivity contribution in [3.8, 4) is 17.7 Å². The molecule has 54 heavy (non-hydrogen) atoms. The molecule has 0 spiro atoms. The highest BCUT2D eigenvalue weighted by Crippen LogP contribution is 2.31. The molecule has 3 unspecified atom stereocenters. The second-order valence-corrected chi connectivity index (χ2v) is 13.7. The van der Waals surface area contributed by atoms with E-state index in [2.05, 4.69) is 26.6 Å². The number of rotatable bonds is 13. The minimum absolute atomic E-state index is 0.0303. The molecule has 6 rings (SSSR count). The molecule has 6 amide bonds. The first-order chi connectivity index (χ1) is 26.0. The summed E-state index contributed by atoms with van der Waals surface area (Å²) in [4.78, 5) is 71.9. The number of benzene rings is 2. The number of carbonyl (C=O) groups excluding carboxylic acids is 5. The van der Waals surface area contributed by atoms with E-state index in [9.17, 15) is 29.2 Å². The van der Waals surface area contributed by atoms with Gasteiger partial charge < -0.3 is 29.3 Å². The number of nitriles is 1. The Morgan fingerprint density at radius 2 is 1.70 bits per heavy atom. The molecule has 2 saturated heterocycles. The van der Waals surface area contributed by atoms with Gasteiger partial charge >= 0.3 is 6.03 Å². The van der Waals surface area contributed by atoms with Gasteiger partial charge in [-0.3, -0.25) is 29.4 Å². The Bertz CT molecular complexity index is 1970. The van der Waals surface area contributed by atoms with Crippen molar-refractivity contribution >= 4 is 52.6 Å². The minimum atomic E-state index is -1.02. The van der Waals surface area contributed by atoms with Gasteiger partial charge in [0.05, 0.1) is 46.8 Å². The van der Waals surface area contributed by atoms with E-state index < -0.39 is 29.7 Å². The van der Waals surface area contributed by atoms with Crippen LogP contribution in [0.1, 0.15) is 65.8 Å². The van der Waals surface area contributed by atoms with Crippen molar-refractivity contribution in [1.82, 2.24) is 20.1 Å². The molecule has 2 aromatic carbocycles. The van der Waals surface area contributed by atoms with Crippen LogP contribution >= 0.6 is 11.6 Å². The summed E-state index contributed by atoms with van der Waals surface area (Å²) in [6.45, 7) is 6.75. The third-order valence-corrected chi connectivity index (χ3v) is 9.75. The number of hydrogen-bond acceptors (Lipinski definition) is 11. The van der Waals surface area contributed by atoms with Crippen molar-refractivity contribution in [1.29, 1.82) is 5.26 Å². The predicted octanol–water partition coefficient (Wildman–Crippen LogP) is 4.39. The molecule has 0 aliphatic carbocycles. The van der Waals surface area contributed by atoms with E-state index in [0.717, 1.165) is 10.6 Å². The zero-order valence-corrected chi connectivity index (χ0v) is 30.6. The molecule has 282 valence electrons. The lowest BCUT2D eigenvalue weighted by Gasteiger charge is -2.45. The molecular formula is C38H40ClN7O8. The summed E-state index contributed by atoms with van der Waals surface area (Å²) in [5.41, 5.74) is 2.24. The largest absolute Gasteiger partial charge is 0.493 e. The number of hydrogen-bond donors (Lipinski definition) is 2. The summed E-state index contributed by atoms with van der Waals surface area (Å²) in [6.07, 6.45) is 2.91. The first-order valence-electron chi connectivity index (χ1n) is 17.7. The second kappa shape index (κ2) is 17.0. The lowest BCUT2D eigenvalue weighted by atomic mass is 10.0. The number of aromatic nitrogens is 1. The number of amides is 6. The Hall–Kier alpha value is -5.72. The van der Waals surface area contributed by atoms with Gasteiger partial charge in [-0.15, -0.1) is 0 Å². The molecule has 4 heterocycles. The summed E-state index contributed by atoms with van der Waals surface area (Å²) in [7, 11) is 0. The van der Waals surface area contributed by atoms with E-state index in [4.69, 9.17) is 25.8 Å². The molecule has 0 saturated carbocycles. The van der Waals surface area contributed by atoms with Crippen molar-refractivity contribution in [3.63, 3.8) is 0 Å². The lowest BCUT2D eigenvalue weighted by Crippen LogP contribution is -2.59. The highest BCUT2D eigenvalue weighted by molar-refractivity contribution is 6.32. The fourth-order valence-electron chi connectivity index (χ4n) is 6.61. The van der Waals surface area contributed by atoms with Gasteiger partial charge in [0.15, 0.2) is 0 Å². The number of pyridine rings is 1. The summed E-state index contributed by atoms with van der Waals surface area (Å²) >= 11 is 6.26. The van der Waals surface area contributed by atoms with Crippen LogP contribution in [-0.4, -0.2) is 102 Å². The molecule has 3 aromatic rings. The summed E-state index contributed by atoms with van der Waals surface area (Å²) in [5, 5.41) is 14.7. The Labute approximate surface area is 317 Å². The fraction of sp³-hybridized carbons (Fsp3) is 0.395. The molecule has 3 atom stereocenters. The maximum Gasteiger partial charge on any atom is 0.322 e. The molecule has 16 heteroatoms. The molecular weight excluding hydrogens is 718 g/mol. The molecule has 0 radical (unpaired) electrons. The Kier molecular flexibility index (Phi) is 11.9. The van der Waals surface area contributed by atoms with Crippen molar-refractivity contribution in [3.05, 3.63) is 76.4 Å². The van der Waals surface area contributed by atoms with E-state index >= 15 is 0 Å². The van der Waals surface area contributed by atoms with E-state index in [1.165, 1.54) is 12.1 Å². The van der Waals surface area contributed by atoms with Crippen LogP contribution < -0.4 is 25.0 Å². The normalized spacial score (nSPS) is 19.7. The van der Waals surface area contributed by atoms with Crippen molar-refractivity contribution < 1.29 is 38.2 Å². The zero-order valence-electron chi connectivity index (χ0n) is 29.9. The molecule has 2 fully saturated rings. The number of piperazine rings is 1. The van der Waals surface area contributed by atoms with Gasteiger partial charge in [-0.1, -0.05) is 11.6 Å². The Morgan fingerprint density at radius 3 is 2.41 bits per heavy atom. The molecule has 3 aliphatic rings. The van der Waals surface area contributed by atoms with Crippen molar-refractivity contribution in [2.45, 2.75) is 57.7 Å². The summed E-state index contributed by atoms with van der Waals surface area (Å²) in [6, 6.07) is 14.2. The van der Waals surface area contributed by atoms with Crippen molar-refractivity contribution in [2.75, 3.05) is 49.7 Å². The quantitative estimate of drug-likeness (QED) is 0.186.